The van der Waals surface area contributed by atoms with Gasteiger partial charge in [0.15, 0.2) is 0 Å². The number of ether oxygens (including phenoxy) is 2. The van der Waals surface area contributed by atoms with E-state index in [2.05, 4.69) is 5.32 Å². The van der Waals surface area contributed by atoms with E-state index in [1.807, 2.05) is 18.2 Å². The highest BCUT2D eigenvalue weighted by Crippen LogP contribution is 2.27. The molecule has 0 radical (unpaired) electrons. The van der Waals surface area contributed by atoms with E-state index >= 15 is 0 Å². The quantitative estimate of drug-likeness (QED) is 0.624. The molecule has 0 spiro atoms. The summed E-state index contributed by atoms with van der Waals surface area (Å²) >= 11 is 6.04. The molecule has 2 aromatic rings. The van der Waals surface area contributed by atoms with Crippen LogP contribution >= 0.6 is 11.6 Å². The number of rotatable bonds is 7. The standard InChI is InChI=1S/C26H30ClN3O4/c27-24-15-23(6-3-21(24)16-28)34-18-26(32)9-13-30(14-10-26)25(31)20-1-4-22(5-2-20)33-17-19-7-11-29-12-8-19/h1-6,15,19,29,32H,7-14,17-18H2. The molecular formula is C26H30ClN3O4. The second kappa shape index (κ2) is 11.1. The van der Waals surface area contributed by atoms with Crippen LogP contribution in [0.5, 0.6) is 11.5 Å². The first kappa shape index (κ1) is 24.3. The Morgan fingerprint density at radius 2 is 1.79 bits per heavy atom. The maximum absolute atomic E-state index is 12.9. The van der Waals surface area contributed by atoms with Crippen LogP contribution in [-0.4, -0.2) is 60.9 Å². The van der Waals surface area contributed by atoms with Crippen molar-refractivity contribution in [2.75, 3.05) is 39.4 Å². The van der Waals surface area contributed by atoms with Crippen LogP contribution in [0.2, 0.25) is 5.02 Å². The van der Waals surface area contributed by atoms with Gasteiger partial charge in [0.2, 0.25) is 0 Å². The predicted molar refractivity (Wildman–Crippen MR) is 129 cm³/mol. The molecular weight excluding hydrogens is 454 g/mol. The van der Waals surface area contributed by atoms with E-state index in [4.69, 9.17) is 26.3 Å². The summed E-state index contributed by atoms with van der Waals surface area (Å²) in [6, 6.07) is 14.1. The molecule has 0 bridgehead atoms. The highest BCUT2D eigenvalue weighted by atomic mass is 35.5. The van der Waals surface area contributed by atoms with Crippen LogP contribution in [0, 0.1) is 17.2 Å². The number of likely N-dealkylation sites (tertiary alicyclic amines) is 1. The molecule has 0 unspecified atom stereocenters. The molecule has 4 rings (SSSR count). The fourth-order valence-electron chi connectivity index (χ4n) is 4.30. The summed E-state index contributed by atoms with van der Waals surface area (Å²) in [6.07, 6.45) is 3.09. The average molecular weight is 484 g/mol. The van der Waals surface area contributed by atoms with Crippen molar-refractivity contribution in [1.29, 1.82) is 5.26 Å². The maximum atomic E-state index is 12.9. The number of aliphatic hydroxyl groups is 1. The molecule has 2 heterocycles. The van der Waals surface area contributed by atoms with E-state index in [1.54, 1.807) is 35.2 Å². The topological polar surface area (TPSA) is 94.8 Å². The minimum absolute atomic E-state index is 0.0493. The van der Waals surface area contributed by atoms with Gasteiger partial charge in [0, 0.05) is 24.7 Å². The average Bonchev–Trinajstić information content (AvgIpc) is 2.87. The molecule has 2 N–H and O–H groups in total. The van der Waals surface area contributed by atoms with E-state index in [0.717, 1.165) is 31.7 Å². The van der Waals surface area contributed by atoms with Crippen LogP contribution in [0.15, 0.2) is 42.5 Å². The van der Waals surface area contributed by atoms with E-state index in [0.29, 0.717) is 60.4 Å². The third kappa shape index (κ3) is 6.20. The van der Waals surface area contributed by atoms with Gasteiger partial charge in [-0.3, -0.25) is 4.79 Å². The van der Waals surface area contributed by atoms with Crippen LogP contribution in [0.4, 0.5) is 0 Å². The van der Waals surface area contributed by atoms with Gasteiger partial charge in [-0.05, 0) is 81.1 Å². The Balaban J connectivity index is 1.24. The van der Waals surface area contributed by atoms with Crippen molar-refractivity contribution in [3.05, 3.63) is 58.6 Å². The van der Waals surface area contributed by atoms with Crippen molar-refractivity contribution in [3.8, 4) is 17.6 Å². The summed E-state index contributed by atoms with van der Waals surface area (Å²) < 4.78 is 11.6. The highest BCUT2D eigenvalue weighted by molar-refractivity contribution is 6.31. The molecule has 2 aliphatic heterocycles. The SMILES string of the molecule is N#Cc1ccc(OCC2(O)CCN(C(=O)c3ccc(OCC4CCNCC4)cc3)CC2)cc1Cl. The largest absolute Gasteiger partial charge is 0.493 e. The zero-order valence-electron chi connectivity index (χ0n) is 19.1. The monoisotopic (exact) mass is 483 g/mol. The number of carbonyl (C=O) groups excluding carboxylic acids is 1. The summed E-state index contributed by atoms with van der Waals surface area (Å²) in [5.41, 5.74) is -0.0345. The van der Waals surface area contributed by atoms with Crippen molar-refractivity contribution >= 4 is 17.5 Å². The van der Waals surface area contributed by atoms with Crippen LogP contribution < -0.4 is 14.8 Å². The summed E-state index contributed by atoms with van der Waals surface area (Å²) in [5, 5.41) is 23.5. The zero-order valence-corrected chi connectivity index (χ0v) is 19.9. The molecule has 2 saturated heterocycles. The summed E-state index contributed by atoms with van der Waals surface area (Å²) in [6.45, 7) is 3.78. The van der Waals surface area contributed by atoms with Gasteiger partial charge in [0.25, 0.3) is 5.91 Å². The zero-order chi connectivity index (χ0) is 24.0. The van der Waals surface area contributed by atoms with Gasteiger partial charge in [-0.1, -0.05) is 11.6 Å². The number of hydrogen-bond acceptors (Lipinski definition) is 6. The van der Waals surface area contributed by atoms with Gasteiger partial charge >= 0.3 is 0 Å². The van der Waals surface area contributed by atoms with Crippen molar-refractivity contribution in [2.24, 2.45) is 5.92 Å². The molecule has 0 aliphatic carbocycles. The first-order valence-electron chi connectivity index (χ1n) is 11.7. The third-order valence-corrected chi connectivity index (χ3v) is 6.91. The molecule has 7 nitrogen and oxygen atoms in total. The van der Waals surface area contributed by atoms with Crippen LogP contribution in [0.25, 0.3) is 0 Å². The van der Waals surface area contributed by atoms with E-state index in [-0.39, 0.29) is 12.5 Å². The first-order valence-corrected chi connectivity index (χ1v) is 12.1. The lowest BCUT2D eigenvalue weighted by atomic mass is 9.92. The molecule has 34 heavy (non-hydrogen) atoms. The molecule has 2 aromatic carbocycles. The van der Waals surface area contributed by atoms with Gasteiger partial charge in [0.1, 0.15) is 29.8 Å². The van der Waals surface area contributed by atoms with Gasteiger partial charge in [0.05, 0.1) is 17.2 Å². The Morgan fingerprint density at radius 3 is 2.44 bits per heavy atom. The molecule has 2 aliphatic rings. The van der Waals surface area contributed by atoms with E-state index < -0.39 is 5.60 Å². The van der Waals surface area contributed by atoms with E-state index in [9.17, 15) is 9.90 Å². The fraction of sp³-hybridized carbons (Fsp3) is 0.462. The molecule has 0 saturated carbocycles. The molecule has 2 fully saturated rings. The lowest BCUT2D eigenvalue weighted by molar-refractivity contribution is -0.0475. The molecule has 180 valence electrons. The number of nitriles is 1. The van der Waals surface area contributed by atoms with Gasteiger partial charge in [-0.15, -0.1) is 0 Å². The smallest absolute Gasteiger partial charge is 0.253 e. The van der Waals surface area contributed by atoms with Crippen LogP contribution in [-0.2, 0) is 0 Å². The Bertz CT molecular complexity index is 1020. The van der Waals surface area contributed by atoms with Gasteiger partial charge in [-0.2, -0.15) is 5.26 Å². The summed E-state index contributed by atoms with van der Waals surface area (Å²) in [4.78, 5) is 14.7. The van der Waals surface area contributed by atoms with Crippen molar-refractivity contribution in [3.63, 3.8) is 0 Å². The lowest BCUT2D eigenvalue weighted by Gasteiger charge is -2.38. The number of amides is 1. The Hall–Kier alpha value is -2.79. The summed E-state index contributed by atoms with van der Waals surface area (Å²) in [5.74, 6) is 1.81. The van der Waals surface area contributed by atoms with Crippen molar-refractivity contribution in [1.82, 2.24) is 10.2 Å². The molecule has 8 heteroatoms. The highest BCUT2D eigenvalue weighted by Gasteiger charge is 2.35. The number of nitrogens with one attached hydrogen (secondary N) is 1. The number of hydrogen-bond donors (Lipinski definition) is 2. The summed E-state index contributed by atoms with van der Waals surface area (Å²) in [7, 11) is 0. The second-order valence-corrected chi connectivity index (χ2v) is 9.49. The first-order chi connectivity index (χ1) is 16.5. The molecule has 1 amide bonds. The van der Waals surface area contributed by atoms with Crippen LogP contribution in [0.1, 0.15) is 41.6 Å². The number of piperidine rings is 2. The number of carbonyl (C=O) groups is 1. The van der Waals surface area contributed by atoms with Gasteiger partial charge < -0.3 is 24.8 Å². The second-order valence-electron chi connectivity index (χ2n) is 9.09. The van der Waals surface area contributed by atoms with Crippen LogP contribution in [0.3, 0.4) is 0 Å². The predicted octanol–water partition coefficient (Wildman–Crippen LogP) is 3.64. The minimum Gasteiger partial charge on any atom is -0.493 e. The Kier molecular flexibility index (Phi) is 7.94. The van der Waals surface area contributed by atoms with Gasteiger partial charge in [-0.25, -0.2) is 0 Å². The maximum Gasteiger partial charge on any atom is 0.253 e. The number of benzene rings is 2. The van der Waals surface area contributed by atoms with Crippen molar-refractivity contribution in [2.45, 2.75) is 31.3 Å². The number of halogens is 1. The molecule has 0 aromatic heterocycles. The number of nitrogens with zero attached hydrogens (tertiary/aromatic N) is 2. The Labute approximate surface area is 205 Å². The van der Waals surface area contributed by atoms with E-state index in [1.165, 1.54) is 0 Å². The third-order valence-electron chi connectivity index (χ3n) is 6.60. The minimum atomic E-state index is -1.02. The fourth-order valence-corrected chi connectivity index (χ4v) is 4.52. The molecule has 0 atom stereocenters. The van der Waals surface area contributed by atoms with Crippen molar-refractivity contribution < 1.29 is 19.4 Å². The normalized spacial score (nSPS) is 18.2. The Morgan fingerprint density at radius 1 is 1.12 bits per heavy atom. The lowest BCUT2D eigenvalue weighted by Crippen LogP contribution is -2.49.